The van der Waals surface area contributed by atoms with Crippen molar-refractivity contribution < 1.29 is 28.9 Å². The van der Waals surface area contributed by atoms with Gasteiger partial charge in [-0.2, -0.15) is 0 Å². The van der Waals surface area contributed by atoms with Gasteiger partial charge in [-0.05, 0) is 19.8 Å². The molecule has 0 saturated heterocycles. The molecule has 0 aliphatic heterocycles. The van der Waals surface area contributed by atoms with Crippen LogP contribution < -0.4 is 0 Å². The molecule has 0 aromatic rings. The van der Waals surface area contributed by atoms with Gasteiger partial charge in [0.05, 0.1) is 12.0 Å². The topological polar surface area (TPSA) is 78.9 Å². The number of methoxy groups -OCH3 is 1. The van der Waals surface area contributed by atoms with E-state index in [-0.39, 0.29) is 12.5 Å². The average Bonchev–Trinajstić information content (AvgIpc) is 3.05. The Hall–Kier alpha value is -1.43. The maximum Gasteiger partial charge on any atom is 0.421 e. The summed E-state index contributed by atoms with van der Waals surface area (Å²) in [4.78, 5) is 46.4. The summed E-state index contributed by atoms with van der Waals surface area (Å²) in [5.74, 6) is -2.89. The number of carbonyl (C=O) groups is 3. The Morgan fingerprint density at radius 1 is 0.467 bits per heavy atom. The summed E-state index contributed by atoms with van der Waals surface area (Å²) in [6.07, 6.45) is 35.4. The standard InChI is InChI=1S/C39H74O6/c1-5-7-9-11-13-15-17-19-21-23-25-27-29-31-33-36(35(3)43-4)38(41)44-45-39(42)37(40)34-32-30-28-26-24-22-20-18-16-14-12-10-8-6-2/h35-36H,5-34H2,1-4H3. The van der Waals surface area contributed by atoms with E-state index in [1.54, 1.807) is 7.11 Å². The van der Waals surface area contributed by atoms with Crippen LogP contribution in [0.4, 0.5) is 0 Å². The molecule has 0 aromatic heterocycles. The molecule has 0 aromatic carbocycles. The Kier molecular flexibility index (Phi) is 32.8. The molecule has 266 valence electrons. The van der Waals surface area contributed by atoms with Crippen LogP contribution in [0, 0.1) is 5.92 Å². The third kappa shape index (κ3) is 28.5. The van der Waals surface area contributed by atoms with Crippen LogP contribution in [0.15, 0.2) is 0 Å². The Morgan fingerprint density at radius 2 is 0.800 bits per heavy atom. The molecule has 0 bridgehead atoms. The van der Waals surface area contributed by atoms with Gasteiger partial charge in [0.1, 0.15) is 0 Å². The van der Waals surface area contributed by atoms with Crippen molar-refractivity contribution in [3.05, 3.63) is 0 Å². The smallest absolute Gasteiger partial charge is 0.381 e. The summed E-state index contributed by atoms with van der Waals surface area (Å²) in [5.41, 5.74) is 0. The molecule has 0 N–H and O–H groups in total. The molecule has 2 unspecified atom stereocenters. The molecule has 6 heteroatoms. The molecule has 0 aliphatic carbocycles. The van der Waals surface area contributed by atoms with Crippen molar-refractivity contribution >= 4 is 17.7 Å². The molecule has 0 fully saturated rings. The van der Waals surface area contributed by atoms with Crippen LogP contribution in [-0.4, -0.2) is 30.9 Å². The molecule has 2 atom stereocenters. The van der Waals surface area contributed by atoms with Gasteiger partial charge in [0.25, 0.3) is 0 Å². The molecule has 0 spiro atoms. The fraction of sp³-hybridized carbons (Fsp3) is 0.923. The lowest BCUT2D eigenvalue weighted by atomic mass is 9.95. The van der Waals surface area contributed by atoms with Crippen LogP contribution in [-0.2, 0) is 28.9 Å². The Bertz CT molecular complexity index is 678. The van der Waals surface area contributed by atoms with Crippen LogP contribution in [0.2, 0.25) is 0 Å². The second kappa shape index (κ2) is 33.9. The van der Waals surface area contributed by atoms with Gasteiger partial charge in [-0.15, -0.1) is 0 Å². The van der Waals surface area contributed by atoms with Gasteiger partial charge in [-0.25, -0.2) is 19.4 Å². The minimum absolute atomic E-state index is 0.130. The SMILES string of the molecule is CCCCCCCCCCCCCCCCC(=O)C(=O)OOC(=O)C(CCCCCCCCCCCCCCCC)C(C)OC. The van der Waals surface area contributed by atoms with Crippen molar-refractivity contribution in [1.29, 1.82) is 0 Å². The van der Waals surface area contributed by atoms with Crippen molar-refractivity contribution in [3.63, 3.8) is 0 Å². The predicted octanol–water partition coefficient (Wildman–Crippen LogP) is 12.0. The monoisotopic (exact) mass is 639 g/mol. The van der Waals surface area contributed by atoms with E-state index in [1.165, 1.54) is 141 Å². The fourth-order valence-electron chi connectivity index (χ4n) is 6.04. The lowest BCUT2D eigenvalue weighted by Gasteiger charge is -2.20. The number of rotatable bonds is 34. The summed E-state index contributed by atoms with van der Waals surface area (Å²) < 4.78 is 5.38. The first-order chi connectivity index (χ1) is 22.0. The average molecular weight is 639 g/mol. The summed E-state index contributed by atoms with van der Waals surface area (Å²) in [6, 6.07) is 0. The van der Waals surface area contributed by atoms with E-state index < -0.39 is 23.6 Å². The summed E-state index contributed by atoms with van der Waals surface area (Å²) in [5, 5.41) is 0. The first kappa shape index (κ1) is 43.6. The van der Waals surface area contributed by atoms with Crippen molar-refractivity contribution in [2.45, 2.75) is 219 Å². The summed E-state index contributed by atoms with van der Waals surface area (Å²) >= 11 is 0. The molecule has 6 nitrogen and oxygen atoms in total. The Labute approximate surface area is 278 Å². The van der Waals surface area contributed by atoms with Crippen LogP contribution in [0.3, 0.4) is 0 Å². The first-order valence-electron chi connectivity index (χ1n) is 19.5. The van der Waals surface area contributed by atoms with Crippen LogP contribution in [0.5, 0.6) is 0 Å². The zero-order valence-electron chi connectivity index (χ0n) is 30.3. The number of hydrogen-bond acceptors (Lipinski definition) is 6. The third-order valence-corrected chi connectivity index (χ3v) is 9.29. The highest BCUT2D eigenvalue weighted by Crippen LogP contribution is 2.20. The zero-order chi connectivity index (χ0) is 33.2. The van der Waals surface area contributed by atoms with Crippen molar-refractivity contribution in [2.75, 3.05) is 7.11 Å². The molecule has 0 amide bonds. The Balaban J connectivity index is 3.87. The van der Waals surface area contributed by atoms with Crippen LogP contribution >= 0.6 is 0 Å². The number of hydrogen-bond donors (Lipinski definition) is 0. The second-order valence-electron chi connectivity index (χ2n) is 13.5. The van der Waals surface area contributed by atoms with Gasteiger partial charge in [-0.3, -0.25) is 4.79 Å². The van der Waals surface area contributed by atoms with Gasteiger partial charge >= 0.3 is 11.9 Å². The van der Waals surface area contributed by atoms with Gasteiger partial charge < -0.3 is 4.74 Å². The van der Waals surface area contributed by atoms with Gasteiger partial charge in [0.2, 0.25) is 5.78 Å². The van der Waals surface area contributed by atoms with Gasteiger partial charge in [-0.1, -0.05) is 187 Å². The maximum atomic E-state index is 12.6. The fourth-order valence-corrected chi connectivity index (χ4v) is 6.04. The maximum absolute atomic E-state index is 12.6. The van der Waals surface area contributed by atoms with E-state index in [2.05, 4.69) is 18.7 Å². The highest BCUT2D eigenvalue weighted by molar-refractivity contribution is 6.33. The van der Waals surface area contributed by atoms with Crippen molar-refractivity contribution in [1.82, 2.24) is 0 Å². The van der Waals surface area contributed by atoms with Gasteiger partial charge in [0, 0.05) is 13.5 Å². The predicted molar refractivity (Wildman–Crippen MR) is 187 cm³/mol. The molecular weight excluding hydrogens is 564 g/mol. The summed E-state index contributed by atoms with van der Waals surface area (Å²) in [6.45, 7) is 6.34. The molecule has 45 heavy (non-hydrogen) atoms. The second-order valence-corrected chi connectivity index (χ2v) is 13.5. The van der Waals surface area contributed by atoms with E-state index in [4.69, 9.17) is 9.62 Å². The highest BCUT2D eigenvalue weighted by Gasteiger charge is 2.29. The quantitative estimate of drug-likeness (QED) is 0.0302. The van der Waals surface area contributed by atoms with E-state index in [0.29, 0.717) is 12.8 Å². The Morgan fingerprint density at radius 3 is 1.16 bits per heavy atom. The first-order valence-corrected chi connectivity index (χ1v) is 19.5. The van der Waals surface area contributed by atoms with E-state index in [0.717, 1.165) is 32.1 Å². The highest BCUT2D eigenvalue weighted by atomic mass is 17.2. The lowest BCUT2D eigenvalue weighted by molar-refractivity contribution is -0.262. The number of carbonyl (C=O) groups excluding carboxylic acids is 3. The van der Waals surface area contributed by atoms with E-state index >= 15 is 0 Å². The number of unbranched alkanes of at least 4 members (excludes halogenated alkanes) is 26. The number of ketones is 1. The number of ether oxygens (including phenoxy) is 1. The molecular formula is C39H74O6. The minimum Gasteiger partial charge on any atom is -0.381 e. The third-order valence-electron chi connectivity index (χ3n) is 9.29. The van der Waals surface area contributed by atoms with Gasteiger partial charge in [0.15, 0.2) is 0 Å². The molecule has 0 heterocycles. The largest absolute Gasteiger partial charge is 0.421 e. The molecule has 0 radical (unpaired) electrons. The van der Waals surface area contributed by atoms with Crippen molar-refractivity contribution in [2.24, 2.45) is 5.92 Å². The lowest BCUT2D eigenvalue weighted by Crippen LogP contribution is -2.31. The van der Waals surface area contributed by atoms with E-state index in [1.807, 2.05) is 6.92 Å². The van der Waals surface area contributed by atoms with Crippen molar-refractivity contribution in [3.8, 4) is 0 Å². The zero-order valence-corrected chi connectivity index (χ0v) is 30.3. The molecule has 0 rings (SSSR count). The number of Topliss-reactive ketones (excluding diaryl/α,β-unsaturated/α-hetero) is 1. The van der Waals surface area contributed by atoms with E-state index in [9.17, 15) is 14.4 Å². The molecule has 0 saturated carbocycles. The minimum atomic E-state index is -1.08. The van der Waals surface area contributed by atoms with Crippen LogP contribution in [0.1, 0.15) is 213 Å². The van der Waals surface area contributed by atoms with Crippen LogP contribution in [0.25, 0.3) is 0 Å². The normalized spacial score (nSPS) is 12.6. The molecule has 0 aliphatic rings. The summed E-state index contributed by atoms with van der Waals surface area (Å²) in [7, 11) is 1.56.